The minimum absolute atomic E-state index is 0.0136. The molecule has 122 valence electrons. The Labute approximate surface area is 135 Å². The van der Waals surface area contributed by atoms with Gasteiger partial charge in [0.25, 0.3) is 0 Å². The molecule has 6 nitrogen and oxygen atoms in total. The van der Waals surface area contributed by atoms with Crippen LogP contribution >= 0.6 is 0 Å². The minimum atomic E-state index is -3.76. The van der Waals surface area contributed by atoms with Gasteiger partial charge in [0.15, 0.2) is 0 Å². The number of carbonyl (C=O) groups is 1. The van der Waals surface area contributed by atoms with Crippen LogP contribution in [0.25, 0.3) is 0 Å². The second kappa shape index (κ2) is 6.89. The van der Waals surface area contributed by atoms with E-state index in [1.54, 1.807) is 12.3 Å². The van der Waals surface area contributed by atoms with Crippen LogP contribution in [0.4, 0.5) is 0 Å². The summed E-state index contributed by atoms with van der Waals surface area (Å²) < 4.78 is 27.3. The Hall–Kier alpha value is -2.25. The van der Waals surface area contributed by atoms with Gasteiger partial charge in [-0.25, -0.2) is 17.9 Å². The number of benzene rings is 1. The number of carboxylic acid groups (broad SMARTS) is 1. The van der Waals surface area contributed by atoms with E-state index in [-0.39, 0.29) is 22.6 Å². The van der Waals surface area contributed by atoms with Crippen LogP contribution in [0.15, 0.2) is 41.4 Å². The first-order valence-electron chi connectivity index (χ1n) is 7.06. The number of nitrogens with one attached hydrogen (secondary N) is 1. The SMILES string of the molecule is Cc1ncccc1CCNS(=O)(=O)c1cccc(C(=O)O)c1C. The molecule has 0 spiro atoms. The van der Waals surface area contributed by atoms with E-state index in [1.165, 1.54) is 25.1 Å². The Morgan fingerprint density at radius 1 is 1.22 bits per heavy atom. The molecule has 1 heterocycles. The van der Waals surface area contributed by atoms with Crippen molar-refractivity contribution in [1.29, 1.82) is 0 Å². The molecule has 0 saturated carbocycles. The molecule has 1 aromatic heterocycles. The Morgan fingerprint density at radius 3 is 2.61 bits per heavy atom. The van der Waals surface area contributed by atoms with Crippen LogP contribution in [0.2, 0.25) is 0 Å². The van der Waals surface area contributed by atoms with Crippen molar-refractivity contribution in [2.75, 3.05) is 6.54 Å². The molecular weight excluding hydrogens is 316 g/mol. The summed E-state index contributed by atoms with van der Waals surface area (Å²) in [7, 11) is -3.76. The average molecular weight is 334 g/mol. The summed E-state index contributed by atoms with van der Waals surface area (Å²) in [5.74, 6) is -1.15. The van der Waals surface area contributed by atoms with E-state index >= 15 is 0 Å². The van der Waals surface area contributed by atoms with Crippen LogP contribution in [0.1, 0.15) is 27.2 Å². The fraction of sp³-hybridized carbons (Fsp3) is 0.250. The number of aromatic carboxylic acids is 1. The Morgan fingerprint density at radius 2 is 1.96 bits per heavy atom. The predicted molar refractivity (Wildman–Crippen MR) is 86.0 cm³/mol. The molecule has 0 aliphatic carbocycles. The van der Waals surface area contributed by atoms with Crippen LogP contribution in [-0.2, 0) is 16.4 Å². The number of aromatic nitrogens is 1. The molecule has 2 N–H and O–H groups in total. The molecule has 0 aliphatic heterocycles. The summed E-state index contributed by atoms with van der Waals surface area (Å²) in [6.07, 6.45) is 2.19. The van der Waals surface area contributed by atoms with Crippen LogP contribution in [0.3, 0.4) is 0 Å². The maximum Gasteiger partial charge on any atom is 0.335 e. The van der Waals surface area contributed by atoms with E-state index in [0.29, 0.717) is 6.42 Å². The number of hydrogen-bond donors (Lipinski definition) is 2. The van der Waals surface area contributed by atoms with Gasteiger partial charge in [-0.05, 0) is 49.6 Å². The van der Waals surface area contributed by atoms with Gasteiger partial charge in [-0.3, -0.25) is 4.98 Å². The first-order valence-corrected chi connectivity index (χ1v) is 8.54. The van der Waals surface area contributed by atoms with Crippen molar-refractivity contribution in [3.05, 3.63) is 58.9 Å². The highest BCUT2D eigenvalue weighted by atomic mass is 32.2. The average Bonchev–Trinajstić information content (AvgIpc) is 2.49. The van der Waals surface area contributed by atoms with E-state index in [9.17, 15) is 13.2 Å². The molecule has 0 bridgehead atoms. The van der Waals surface area contributed by atoms with E-state index in [1.807, 2.05) is 13.0 Å². The van der Waals surface area contributed by atoms with Crippen LogP contribution in [0, 0.1) is 13.8 Å². The zero-order valence-corrected chi connectivity index (χ0v) is 13.7. The molecule has 0 fully saturated rings. The number of aryl methyl sites for hydroxylation is 1. The molecule has 0 unspecified atom stereocenters. The van der Waals surface area contributed by atoms with Crippen molar-refractivity contribution in [3.8, 4) is 0 Å². The number of nitrogens with zero attached hydrogens (tertiary/aromatic N) is 1. The minimum Gasteiger partial charge on any atom is -0.478 e. The molecule has 0 aliphatic rings. The molecule has 0 atom stereocenters. The van der Waals surface area contributed by atoms with E-state index in [2.05, 4.69) is 9.71 Å². The maximum absolute atomic E-state index is 12.4. The second-order valence-electron chi connectivity index (χ2n) is 5.13. The lowest BCUT2D eigenvalue weighted by Gasteiger charge is -2.11. The summed E-state index contributed by atoms with van der Waals surface area (Å²) in [4.78, 5) is 15.3. The van der Waals surface area contributed by atoms with Gasteiger partial charge in [-0.15, -0.1) is 0 Å². The highest BCUT2D eigenvalue weighted by molar-refractivity contribution is 7.89. The molecule has 23 heavy (non-hydrogen) atoms. The van der Waals surface area contributed by atoms with Gasteiger partial charge in [0, 0.05) is 18.4 Å². The van der Waals surface area contributed by atoms with Gasteiger partial charge in [0.2, 0.25) is 10.0 Å². The Balaban J connectivity index is 2.15. The molecular formula is C16H18N2O4S. The standard InChI is InChI=1S/C16H18N2O4S/c1-11-14(16(19)20)6-3-7-15(11)23(21,22)18-10-8-13-5-4-9-17-12(13)2/h3-7,9,18H,8,10H2,1-2H3,(H,19,20). The number of sulfonamides is 1. The molecule has 2 rings (SSSR count). The molecule has 0 radical (unpaired) electrons. The summed E-state index contributed by atoms with van der Waals surface area (Å²) in [6.45, 7) is 3.57. The molecule has 0 saturated heterocycles. The zero-order chi connectivity index (χ0) is 17.0. The van der Waals surface area contributed by atoms with Crippen molar-refractivity contribution in [3.63, 3.8) is 0 Å². The van der Waals surface area contributed by atoms with Crippen molar-refractivity contribution < 1.29 is 18.3 Å². The summed E-state index contributed by atoms with van der Waals surface area (Å²) >= 11 is 0. The maximum atomic E-state index is 12.4. The Kier molecular flexibility index (Phi) is 5.12. The lowest BCUT2D eigenvalue weighted by Crippen LogP contribution is -2.27. The van der Waals surface area contributed by atoms with Gasteiger partial charge in [0.1, 0.15) is 0 Å². The lowest BCUT2D eigenvalue weighted by atomic mass is 10.1. The molecule has 0 amide bonds. The first kappa shape index (κ1) is 17.1. The summed E-state index contributed by atoms with van der Waals surface area (Å²) in [5.41, 5.74) is 2.03. The smallest absolute Gasteiger partial charge is 0.335 e. The number of hydrogen-bond acceptors (Lipinski definition) is 4. The quantitative estimate of drug-likeness (QED) is 0.841. The normalized spacial score (nSPS) is 11.4. The number of pyridine rings is 1. The van der Waals surface area contributed by atoms with Gasteiger partial charge < -0.3 is 5.11 Å². The van der Waals surface area contributed by atoms with Gasteiger partial charge in [-0.2, -0.15) is 0 Å². The van der Waals surface area contributed by atoms with Crippen molar-refractivity contribution in [1.82, 2.24) is 9.71 Å². The van der Waals surface area contributed by atoms with E-state index in [4.69, 9.17) is 5.11 Å². The highest BCUT2D eigenvalue weighted by Gasteiger charge is 2.20. The van der Waals surface area contributed by atoms with E-state index in [0.717, 1.165) is 11.3 Å². The fourth-order valence-electron chi connectivity index (χ4n) is 2.32. The van der Waals surface area contributed by atoms with Gasteiger partial charge >= 0.3 is 5.97 Å². The number of rotatable bonds is 6. The third-order valence-corrected chi connectivity index (χ3v) is 5.21. The molecule has 7 heteroatoms. The third kappa shape index (κ3) is 3.94. The van der Waals surface area contributed by atoms with Gasteiger partial charge in [0.05, 0.1) is 10.5 Å². The fourth-order valence-corrected chi connectivity index (χ4v) is 3.61. The van der Waals surface area contributed by atoms with E-state index < -0.39 is 16.0 Å². The molecule has 1 aromatic carbocycles. The second-order valence-corrected chi connectivity index (χ2v) is 6.86. The summed E-state index contributed by atoms with van der Waals surface area (Å²) in [5, 5.41) is 9.09. The summed E-state index contributed by atoms with van der Waals surface area (Å²) in [6, 6.07) is 7.91. The Bertz CT molecular complexity index is 832. The van der Waals surface area contributed by atoms with Crippen LogP contribution in [0.5, 0.6) is 0 Å². The van der Waals surface area contributed by atoms with Crippen LogP contribution < -0.4 is 4.72 Å². The topological polar surface area (TPSA) is 96.4 Å². The highest BCUT2D eigenvalue weighted by Crippen LogP contribution is 2.19. The first-order chi connectivity index (χ1) is 10.8. The molecule has 2 aromatic rings. The predicted octanol–water partition coefficient (Wildman–Crippen LogP) is 1.92. The van der Waals surface area contributed by atoms with Crippen molar-refractivity contribution in [2.24, 2.45) is 0 Å². The lowest BCUT2D eigenvalue weighted by molar-refractivity contribution is 0.0696. The van der Waals surface area contributed by atoms with Crippen molar-refractivity contribution >= 4 is 16.0 Å². The number of carboxylic acids is 1. The van der Waals surface area contributed by atoms with Crippen molar-refractivity contribution in [2.45, 2.75) is 25.2 Å². The zero-order valence-electron chi connectivity index (χ0n) is 12.9. The van der Waals surface area contributed by atoms with Gasteiger partial charge in [-0.1, -0.05) is 12.1 Å². The largest absolute Gasteiger partial charge is 0.478 e. The monoisotopic (exact) mass is 334 g/mol. The third-order valence-electron chi connectivity index (χ3n) is 3.61. The van der Waals surface area contributed by atoms with Crippen LogP contribution in [-0.4, -0.2) is 31.0 Å².